The molecule has 3 nitrogen and oxygen atoms in total. The van der Waals surface area contributed by atoms with Gasteiger partial charge in [-0.25, -0.2) is 0 Å². The average Bonchev–Trinajstić information content (AvgIpc) is 2.53. The summed E-state index contributed by atoms with van der Waals surface area (Å²) in [5, 5.41) is 12.9. The summed E-state index contributed by atoms with van der Waals surface area (Å²) in [5.74, 6) is 0.883. The zero-order valence-electron chi connectivity index (χ0n) is 12.0. The van der Waals surface area contributed by atoms with Gasteiger partial charge in [-0.2, -0.15) is 0 Å². The minimum atomic E-state index is 0.0333. The smallest absolute Gasteiger partial charge is 0.124 e. The van der Waals surface area contributed by atoms with Crippen molar-refractivity contribution < 1.29 is 9.84 Å². The number of anilines is 1. The lowest BCUT2D eigenvalue weighted by atomic mass is 10.0. The maximum atomic E-state index is 9.41. The molecule has 2 rings (SSSR count). The standard InChI is InChI=1S/C17H21NO2/c1-3-15(14-9-5-7-11-17(14)20-2)18-16-10-6-4-8-13(16)12-19/h4-11,15,18-19H,3,12H2,1-2H3. The predicted octanol–water partition coefficient (Wildman–Crippen LogP) is 3.75. The summed E-state index contributed by atoms with van der Waals surface area (Å²) in [6, 6.07) is 16.0. The number of aliphatic hydroxyl groups excluding tert-OH is 1. The molecule has 0 amide bonds. The highest BCUT2D eigenvalue weighted by atomic mass is 16.5. The van der Waals surface area contributed by atoms with E-state index in [1.54, 1.807) is 7.11 Å². The second kappa shape index (κ2) is 6.96. The predicted molar refractivity (Wildman–Crippen MR) is 82.0 cm³/mol. The second-order valence-corrected chi connectivity index (χ2v) is 4.66. The van der Waals surface area contributed by atoms with Crippen molar-refractivity contribution in [1.82, 2.24) is 0 Å². The van der Waals surface area contributed by atoms with E-state index >= 15 is 0 Å². The van der Waals surface area contributed by atoms with Crippen molar-refractivity contribution in [3.63, 3.8) is 0 Å². The lowest BCUT2D eigenvalue weighted by Gasteiger charge is -2.22. The summed E-state index contributed by atoms with van der Waals surface area (Å²) in [7, 11) is 1.69. The molecule has 1 atom stereocenters. The normalized spacial score (nSPS) is 11.9. The Bertz CT molecular complexity index is 554. The molecule has 0 spiro atoms. The van der Waals surface area contributed by atoms with Crippen LogP contribution >= 0.6 is 0 Å². The van der Waals surface area contributed by atoms with Gasteiger partial charge in [-0.15, -0.1) is 0 Å². The molecule has 0 bridgehead atoms. The Hall–Kier alpha value is -2.00. The number of methoxy groups -OCH3 is 1. The van der Waals surface area contributed by atoms with Crippen LogP contribution in [0.4, 0.5) is 5.69 Å². The van der Waals surface area contributed by atoms with Crippen LogP contribution in [0.15, 0.2) is 48.5 Å². The van der Waals surface area contributed by atoms with Crippen molar-refractivity contribution in [3.8, 4) is 5.75 Å². The first kappa shape index (κ1) is 14.4. The number of nitrogens with one attached hydrogen (secondary N) is 1. The van der Waals surface area contributed by atoms with Crippen LogP contribution in [0, 0.1) is 0 Å². The van der Waals surface area contributed by atoms with Gasteiger partial charge in [0.25, 0.3) is 0 Å². The van der Waals surface area contributed by atoms with Crippen LogP contribution in [0.3, 0.4) is 0 Å². The van der Waals surface area contributed by atoms with E-state index in [4.69, 9.17) is 4.74 Å². The van der Waals surface area contributed by atoms with E-state index in [-0.39, 0.29) is 12.6 Å². The van der Waals surface area contributed by atoms with Gasteiger partial charge in [0.2, 0.25) is 0 Å². The van der Waals surface area contributed by atoms with Gasteiger partial charge in [0.1, 0.15) is 5.75 Å². The van der Waals surface area contributed by atoms with E-state index in [1.165, 1.54) is 0 Å². The summed E-state index contributed by atoms with van der Waals surface area (Å²) < 4.78 is 5.43. The highest BCUT2D eigenvalue weighted by Crippen LogP contribution is 2.30. The number of rotatable bonds is 6. The van der Waals surface area contributed by atoms with Crippen LogP contribution in [0.2, 0.25) is 0 Å². The van der Waals surface area contributed by atoms with E-state index in [9.17, 15) is 5.11 Å². The minimum Gasteiger partial charge on any atom is -0.496 e. The van der Waals surface area contributed by atoms with Crippen molar-refractivity contribution in [1.29, 1.82) is 0 Å². The van der Waals surface area contributed by atoms with Crippen molar-refractivity contribution in [2.45, 2.75) is 26.0 Å². The third kappa shape index (κ3) is 3.11. The summed E-state index contributed by atoms with van der Waals surface area (Å²) >= 11 is 0. The Labute approximate surface area is 120 Å². The Balaban J connectivity index is 2.29. The largest absolute Gasteiger partial charge is 0.496 e. The molecule has 20 heavy (non-hydrogen) atoms. The van der Waals surface area contributed by atoms with E-state index in [1.807, 2.05) is 42.5 Å². The minimum absolute atomic E-state index is 0.0333. The fourth-order valence-electron chi connectivity index (χ4n) is 2.34. The molecule has 0 aliphatic heterocycles. The topological polar surface area (TPSA) is 41.5 Å². The number of hydrogen-bond acceptors (Lipinski definition) is 3. The first-order chi connectivity index (χ1) is 9.80. The van der Waals surface area contributed by atoms with Crippen LogP contribution in [-0.4, -0.2) is 12.2 Å². The summed E-state index contributed by atoms with van der Waals surface area (Å²) in [6.45, 7) is 2.16. The molecule has 0 aromatic heterocycles. The maximum Gasteiger partial charge on any atom is 0.124 e. The van der Waals surface area contributed by atoms with E-state index < -0.39 is 0 Å². The molecular formula is C17H21NO2. The van der Waals surface area contributed by atoms with E-state index in [2.05, 4.69) is 18.3 Å². The average molecular weight is 271 g/mol. The molecule has 0 saturated carbocycles. The monoisotopic (exact) mass is 271 g/mol. The molecule has 0 radical (unpaired) electrons. The Kier molecular flexibility index (Phi) is 5.02. The summed E-state index contributed by atoms with van der Waals surface area (Å²) in [5.41, 5.74) is 3.00. The molecule has 0 saturated heterocycles. The van der Waals surface area contributed by atoms with Crippen LogP contribution < -0.4 is 10.1 Å². The van der Waals surface area contributed by atoms with Crippen LogP contribution in [0.25, 0.3) is 0 Å². The summed E-state index contributed by atoms with van der Waals surface area (Å²) in [4.78, 5) is 0. The zero-order chi connectivity index (χ0) is 14.4. The Morgan fingerprint density at radius 2 is 1.80 bits per heavy atom. The van der Waals surface area contributed by atoms with Gasteiger partial charge in [0.15, 0.2) is 0 Å². The quantitative estimate of drug-likeness (QED) is 0.840. The third-order valence-electron chi connectivity index (χ3n) is 3.44. The highest BCUT2D eigenvalue weighted by molar-refractivity contribution is 5.53. The first-order valence-electron chi connectivity index (χ1n) is 6.88. The Morgan fingerprint density at radius 1 is 1.10 bits per heavy atom. The Morgan fingerprint density at radius 3 is 2.50 bits per heavy atom. The molecule has 2 aromatic carbocycles. The van der Waals surface area contributed by atoms with Crippen molar-refractivity contribution >= 4 is 5.69 Å². The van der Waals surface area contributed by atoms with Crippen molar-refractivity contribution in [2.75, 3.05) is 12.4 Å². The molecule has 106 valence electrons. The van der Waals surface area contributed by atoms with Gasteiger partial charge in [-0.05, 0) is 18.6 Å². The van der Waals surface area contributed by atoms with Crippen LogP contribution in [0.1, 0.15) is 30.5 Å². The van der Waals surface area contributed by atoms with Gasteiger partial charge < -0.3 is 15.2 Å². The van der Waals surface area contributed by atoms with Crippen LogP contribution in [-0.2, 0) is 6.61 Å². The molecule has 3 heteroatoms. The molecule has 2 N–H and O–H groups in total. The molecule has 0 aliphatic carbocycles. The number of aliphatic hydroxyl groups is 1. The molecular weight excluding hydrogens is 250 g/mol. The lowest BCUT2D eigenvalue weighted by Crippen LogP contribution is -2.12. The lowest BCUT2D eigenvalue weighted by molar-refractivity contribution is 0.282. The van der Waals surface area contributed by atoms with E-state index in [0.717, 1.165) is 29.0 Å². The van der Waals surface area contributed by atoms with Gasteiger partial charge in [0, 0.05) is 16.8 Å². The fourth-order valence-corrected chi connectivity index (χ4v) is 2.34. The fraction of sp³-hybridized carbons (Fsp3) is 0.294. The third-order valence-corrected chi connectivity index (χ3v) is 3.44. The second-order valence-electron chi connectivity index (χ2n) is 4.66. The van der Waals surface area contributed by atoms with Gasteiger partial charge in [-0.3, -0.25) is 0 Å². The number of para-hydroxylation sites is 2. The van der Waals surface area contributed by atoms with Crippen LogP contribution in [0.5, 0.6) is 5.75 Å². The molecule has 2 aromatic rings. The van der Waals surface area contributed by atoms with Crippen molar-refractivity contribution in [2.24, 2.45) is 0 Å². The number of ether oxygens (including phenoxy) is 1. The molecule has 1 unspecified atom stereocenters. The molecule has 0 aliphatic rings. The SMILES string of the molecule is CCC(Nc1ccccc1CO)c1ccccc1OC. The van der Waals surface area contributed by atoms with Crippen molar-refractivity contribution in [3.05, 3.63) is 59.7 Å². The zero-order valence-corrected chi connectivity index (χ0v) is 12.0. The number of hydrogen-bond donors (Lipinski definition) is 2. The molecule has 0 fully saturated rings. The highest BCUT2D eigenvalue weighted by Gasteiger charge is 2.14. The van der Waals surface area contributed by atoms with Gasteiger partial charge >= 0.3 is 0 Å². The first-order valence-corrected chi connectivity index (χ1v) is 6.88. The van der Waals surface area contributed by atoms with E-state index in [0.29, 0.717) is 0 Å². The number of benzene rings is 2. The van der Waals surface area contributed by atoms with Gasteiger partial charge in [-0.1, -0.05) is 43.3 Å². The summed E-state index contributed by atoms with van der Waals surface area (Å²) in [6.07, 6.45) is 0.931. The molecule has 0 heterocycles. The maximum absolute atomic E-state index is 9.41. The van der Waals surface area contributed by atoms with Gasteiger partial charge in [0.05, 0.1) is 19.8 Å².